The molecule has 0 aliphatic carbocycles. The lowest BCUT2D eigenvalue weighted by molar-refractivity contribution is 1.09. The fourth-order valence-corrected chi connectivity index (χ4v) is 2.23. The molecule has 0 amide bonds. The van der Waals surface area contributed by atoms with Crippen molar-refractivity contribution in [2.24, 2.45) is 0 Å². The Morgan fingerprint density at radius 2 is 2.00 bits per heavy atom. The summed E-state index contributed by atoms with van der Waals surface area (Å²) in [4.78, 5) is 5.64. The third-order valence-electron chi connectivity index (χ3n) is 2.19. The molecule has 2 aromatic heterocycles. The summed E-state index contributed by atoms with van der Waals surface area (Å²) in [6.07, 6.45) is 0. The molecule has 0 radical (unpaired) electrons. The molecule has 0 aliphatic heterocycles. The number of nitrogens with one attached hydrogen (secondary N) is 1. The van der Waals surface area contributed by atoms with E-state index in [0.29, 0.717) is 5.82 Å². The van der Waals surface area contributed by atoms with Gasteiger partial charge in [0, 0.05) is 10.4 Å². The van der Waals surface area contributed by atoms with Crippen LogP contribution in [0.25, 0.3) is 11.4 Å². The summed E-state index contributed by atoms with van der Waals surface area (Å²) in [5, 5.41) is 7.93. The Bertz CT molecular complexity index is 469. The topological polar surface area (TPSA) is 67.6 Å². The van der Waals surface area contributed by atoms with E-state index in [1.165, 1.54) is 4.88 Å². The number of aromatic amines is 1. The van der Waals surface area contributed by atoms with Gasteiger partial charge in [-0.3, -0.25) is 5.10 Å². The molecular weight excluding hydrogens is 196 g/mol. The molecular formula is C9H12N4S. The van der Waals surface area contributed by atoms with Crippen LogP contribution in [0, 0.1) is 20.8 Å². The van der Waals surface area contributed by atoms with E-state index in [-0.39, 0.29) is 0 Å². The SMILES string of the molecule is Cc1nc(-c2[nH]nc(N)c2C)c(C)s1. The summed E-state index contributed by atoms with van der Waals surface area (Å²) in [6, 6.07) is 0. The highest BCUT2D eigenvalue weighted by molar-refractivity contribution is 7.11. The highest BCUT2D eigenvalue weighted by Gasteiger charge is 2.13. The molecule has 0 saturated heterocycles. The van der Waals surface area contributed by atoms with Crippen molar-refractivity contribution in [3.05, 3.63) is 15.4 Å². The van der Waals surface area contributed by atoms with Crippen LogP contribution in [0.15, 0.2) is 0 Å². The molecule has 5 heteroatoms. The fraction of sp³-hybridized carbons (Fsp3) is 0.333. The van der Waals surface area contributed by atoms with E-state index < -0.39 is 0 Å². The highest BCUT2D eigenvalue weighted by atomic mass is 32.1. The van der Waals surface area contributed by atoms with Crippen molar-refractivity contribution in [1.29, 1.82) is 0 Å². The maximum absolute atomic E-state index is 5.67. The maximum Gasteiger partial charge on any atom is 0.148 e. The number of anilines is 1. The van der Waals surface area contributed by atoms with E-state index in [2.05, 4.69) is 22.1 Å². The molecule has 0 spiro atoms. The van der Waals surface area contributed by atoms with Gasteiger partial charge < -0.3 is 5.73 Å². The predicted octanol–water partition coefficient (Wildman–Crippen LogP) is 2.04. The second-order valence-electron chi connectivity index (χ2n) is 3.25. The van der Waals surface area contributed by atoms with E-state index in [4.69, 9.17) is 5.73 Å². The zero-order valence-electron chi connectivity index (χ0n) is 8.38. The first kappa shape index (κ1) is 9.21. The van der Waals surface area contributed by atoms with Crippen molar-refractivity contribution in [2.75, 3.05) is 5.73 Å². The van der Waals surface area contributed by atoms with Crippen LogP contribution in [0.1, 0.15) is 15.4 Å². The van der Waals surface area contributed by atoms with E-state index in [0.717, 1.165) is 22.0 Å². The van der Waals surface area contributed by atoms with Crippen LogP contribution < -0.4 is 5.73 Å². The van der Waals surface area contributed by atoms with Gasteiger partial charge >= 0.3 is 0 Å². The van der Waals surface area contributed by atoms with Gasteiger partial charge in [-0.15, -0.1) is 11.3 Å². The lowest BCUT2D eigenvalue weighted by Crippen LogP contribution is -1.87. The average molecular weight is 208 g/mol. The minimum absolute atomic E-state index is 0.546. The minimum atomic E-state index is 0.546. The van der Waals surface area contributed by atoms with Gasteiger partial charge in [0.15, 0.2) is 0 Å². The number of aryl methyl sites for hydroxylation is 2. The number of H-pyrrole nitrogens is 1. The molecule has 2 heterocycles. The molecule has 0 aromatic carbocycles. The lowest BCUT2D eigenvalue weighted by atomic mass is 10.2. The quantitative estimate of drug-likeness (QED) is 0.753. The van der Waals surface area contributed by atoms with Gasteiger partial charge in [-0.1, -0.05) is 0 Å². The normalized spacial score (nSPS) is 10.8. The van der Waals surface area contributed by atoms with E-state index >= 15 is 0 Å². The van der Waals surface area contributed by atoms with Crippen molar-refractivity contribution >= 4 is 17.2 Å². The van der Waals surface area contributed by atoms with Crippen LogP contribution in [0.4, 0.5) is 5.82 Å². The van der Waals surface area contributed by atoms with E-state index in [1.54, 1.807) is 11.3 Å². The summed E-state index contributed by atoms with van der Waals surface area (Å²) in [5.74, 6) is 0.546. The molecule has 0 bridgehead atoms. The Morgan fingerprint density at radius 3 is 2.43 bits per heavy atom. The number of nitrogens with zero attached hydrogens (tertiary/aromatic N) is 2. The second kappa shape index (κ2) is 3.09. The van der Waals surface area contributed by atoms with Crippen LogP contribution in [0.5, 0.6) is 0 Å². The van der Waals surface area contributed by atoms with Crippen LogP contribution in [-0.2, 0) is 0 Å². The van der Waals surface area contributed by atoms with Gasteiger partial charge in [0.1, 0.15) is 11.5 Å². The van der Waals surface area contributed by atoms with Crippen LogP contribution in [0.2, 0.25) is 0 Å². The van der Waals surface area contributed by atoms with Crippen molar-refractivity contribution < 1.29 is 0 Å². The molecule has 0 unspecified atom stereocenters. The molecule has 0 saturated carbocycles. The second-order valence-corrected chi connectivity index (χ2v) is 4.65. The number of thiazole rings is 1. The average Bonchev–Trinajstić information content (AvgIpc) is 2.59. The monoisotopic (exact) mass is 208 g/mol. The number of nitrogen functional groups attached to an aromatic ring is 1. The Kier molecular flexibility index (Phi) is 2.03. The van der Waals surface area contributed by atoms with Crippen molar-refractivity contribution in [3.8, 4) is 11.4 Å². The number of aromatic nitrogens is 3. The Balaban J connectivity index is 2.59. The number of nitrogens with two attached hydrogens (primary N) is 1. The van der Waals surface area contributed by atoms with Crippen LogP contribution >= 0.6 is 11.3 Å². The van der Waals surface area contributed by atoms with Crippen molar-refractivity contribution in [3.63, 3.8) is 0 Å². The largest absolute Gasteiger partial charge is 0.382 e. The van der Waals surface area contributed by atoms with E-state index in [9.17, 15) is 0 Å². The smallest absolute Gasteiger partial charge is 0.148 e. The number of hydrogen-bond donors (Lipinski definition) is 2. The molecule has 2 rings (SSSR count). The maximum atomic E-state index is 5.67. The van der Waals surface area contributed by atoms with Gasteiger partial charge in [0.05, 0.1) is 10.7 Å². The first-order valence-corrected chi connectivity index (χ1v) is 5.16. The van der Waals surface area contributed by atoms with E-state index in [1.807, 2.05) is 13.8 Å². The van der Waals surface area contributed by atoms with Gasteiger partial charge in [-0.05, 0) is 20.8 Å². The Morgan fingerprint density at radius 1 is 1.29 bits per heavy atom. The summed E-state index contributed by atoms with van der Waals surface area (Å²) in [6.45, 7) is 6.00. The molecule has 0 atom stereocenters. The molecule has 0 fully saturated rings. The molecule has 4 nitrogen and oxygen atoms in total. The molecule has 2 aromatic rings. The number of hydrogen-bond acceptors (Lipinski definition) is 4. The Labute approximate surface area is 86.2 Å². The van der Waals surface area contributed by atoms with Gasteiger partial charge in [-0.2, -0.15) is 5.10 Å². The minimum Gasteiger partial charge on any atom is -0.382 e. The lowest BCUT2D eigenvalue weighted by Gasteiger charge is -1.95. The van der Waals surface area contributed by atoms with Crippen molar-refractivity contribution in [1.82, 2.24) is 15.2 Å². The molecule has 0 aliphatic rings. The zero-order valence-corrected chi connectivity index (χ0v) is 9.20. The molecule has 74 valence electrons. The first-order valence-electron chi connectivity index (χ1n) is 4.34. The summed E-state index contributed by atoms with van der Waals surface area (Å²) >= 11 is 1.68. The van der Waals surface area contributed by atoms with Gasteiger partial charge in [-0.25, -0.2) is 4.98 Å². The van der Waals surface area contributed by atoms with Crippen LogP contribution in [-0.4, -0.2) is 15.2 Å². The van der Waals surface area contributed by atoms with Crippen LogP contribution in [0.3, 0.4) is 0 Å². The fourth-order valence-electron chi connectivity index (χ4n) is 1.40. The third-order valence-corrected chi connectivity index (χ3v) is 3.07. The van der Waals surface area contributed by atoms with Gasteiger partial charge in [0.2, 0.25) is 0 Å². The zero-order chi connectivity index (χ0) is 10.3. The van der Waals surface area contributed by atoms with Gasteiger partial charge in [0.25, 0.3) is 0 Å². The molecule has 3 N–H and O–H groups in total. The third kappa shape index (κ3) is 1.29. The first-order chi connectivity index (χ1) is 6.59. The number of rotatable bonds is 1. The standard InChI is InChI=1S/C9H12N4S/c1-4-7(12-13-9(4)10)8-5(2)14-6(3)11-8/h1-3H3,(H3,10,12,13). The summed E-state index contributed by atoms with van der Waals surface area (Å²) < 4.78 is 0. The predicted molar refractivity (Wildman–Crippen MR) is 58.3 cm³/mol. The Hall–Kier alpha value is -1.36. The van der Waals surface area contributed by atoms with Crippen molar-refractivity contribution in [2.45, 2.75) is 20.8 Å². The molecule has 14 heavy (non-hydrogen) atoms. The summed E-state index contributed by atoms with van der Waals surface area (Å²) in [7, 11) is 0. The summed E-state index contributed by atoms with van der Waals surface area (Å²) in [5.41, 5.74) is 8.54. The highest BCUT2D eigenvalue weighted by Crippen LogP contribution is 2.29.